The lowest BCUT2D eigenvalue weighted by Crippen LogP contribution is -2.07. The van der Waals surface area contributed by atoms with Crippen LogP contribution in [0.2, 0.25) is 0 Å². The molecule has 0 saturated heterocycles. The summed E-state index contributed by atoms with van der Waals surface area (Å²) >= 11 is 5.23. The van der Waals surface area contributed by atoms with Crippen molar-refractivity contribution in [1.82, 2.24) is 0 Å². The first kappa shape index (κ1) is 12.9. The third-order valence-corrected chi connectivity index (χ3v) is 3.05. The van der Waals surface area contributed by atoms with Crippen LogP contribution in [0.5, 0.6) is 5.75 Å². The second-order valence-electron chi connectivity index (χ2n) is 3.13. The Morgan fingerprint density at radius 2 is 2.27 bits per heavy atom. The number of hydrogen-bond acceptors (Lipinski definition) is 3. The molecule has 2 nitrogen and oxygen atoms in total. The molecule has 4 heteroatoms. The molecule has 0 saturated carbocycles. The highest BCUT2D eigenvalue weighted by molar-refractivity contribution is 9.10. The second-order valence-corrected chi connectivity index (χ2v) is 5.03. The van der Waals surface area contributed by atoms with E-state index in [-0.39, 0.29) is 0 Å². The quantitative estimate of drug-likeness (QED) is 0.818. The maximum Gasteiger partial charge on any atom is 0.122 e. The van der Waals surface area contributed by atoms with Gasteiger partial charge >= 0.3 is 0 Å². The Hall–Kier alpha value is -0.190. The average molecular weight is 290 g/mol. The van der Waals surface area contributed by atoms with Gasteiger partial charge in [-0.3, -0.25) is 0 Å². The summed E-state index contributed by atoms with van der Waals surface area (Å²) in [4.78, 5) is 0. The van der Waals surface area contributed by atoms with Crippen LogP contribution in [0.4, 0.5) is 0 Å². The zero-order valence-electron chi connectivity index (χ0n) is 8.83. The van der Waals surface area contributed by atoms with Gasteiger partial charge in [0.1, 0.15) is 5.75 Å². The molecule has 0 aliphatic rings. The molecule has 0 atom stereocenters. The first-order valence-electron chi connectivity index (χ1n) is 4.88. The maximum atomic E-state index is 5.69. The van der Waals surface area contributed by atoms with Crippen LogP contribution in [0.25, 0.3) is 0 Å². The van der Waals surface area contributed by atoms with Crippen LogP contribution in [-0.4, -0.2) is 25.2 Å². The summed E-state index contributed by atoms with van der Waals surface area (Å²) in [5, 5.41) is 0. The van der Waals surface area contributed by atoms with Crippen LogP contribution in [-0.2, 0) is 6.42 Å². The molecular weight excluding hydrogens is 274 g/mol. The average Bonchev–Trinajstić information content (AvgIpc) is 2.22. The molecule has 0 unspecified atom stereocenters. The molecule has 0 aliphatic carbocycles. The number of hydrogen-bond donors (Lipinski definition) is 1. The summed E-state index contributed by atoms with van der Waals surface area (Å²) < 4.78 is 6.76. The van der Waals surface area contributed by atoms with Gasteiger partial charge in [-0.25, -0.2) is 0 Å². The standard InChI is InChI=1S/C11H16BrNOS/c1-15-7-6-14-11-3-2-10(12)8-9(11)4-5-13/h2-3,8H,4-7,13H2,1H3. The van der Waals surface area contributed by atoms with Crippen LogP contribution in [0, 0.1) is 0 Å². The van der Waals surface area contributed by atoms with Gasteiger partial charge in [-0.2, -0.15) is 11.8 Å². The van der Waals surface area contributed by atoms with Crippen molar-refractivity contribution in [1.29, 1.82) is 0 Å². The molecule has 15 heavy (non-hydrogen) atoms. The summed E-state index contributed by atoms with van der Waals surface area (Å²) in [5.74, 6) is 1.97. The van der Waals surface area contributed by atoms with E-state index < -0.39 is 0 Å². The Morgan fingerprint density at radius 3 is 2.93 bits per heavy atom. The van der Waals surface area contributed by atoms with Gasteiger partial charge in [0.05, 0.1) is 6.61 Å². The van der Waals surface area contributed by atoms with Gasteiger partial charge < -0.3 is 10.5 Å². The third kappa shape index (κ3) is 4.45. The van der Waals surface area contributed by atoms with Crippen molar-refractivity contribution in [3.05, 3.63) is 28.2 Å². The summed E-state index contributed by atoms with van der Waals surface area (Å²) in [5.41, 5.74) is 6.73. The summed E-state index contributed by atoms with van der Waals surface area (Å²) in [7, 11) is 0. The minimum atomic E-state index is 0.648. The van der Waals surface area contributed by atoms with Gasteiger partial charge in [0, 0.05) is 10.2 Å². The second kappa shape index (κ2) is 7.14. The summed E-state index contributed by atoms with van der Waals surface area (Å²) in [6, 6.07) is 6.06. The van der Waals surface area contributed by atoms with Crippen LogP contribution >= 0.6 is 27.7 Å². The van der Waals surface area contributed by atoms with E-state index in [0.29, 0.717) is 6.54 Å². The molecule has 0 bridgehead atoms. The lowest BCUT2D eigenvalue weighted by molar-refractivity contribution is 0.340. The van der Waals surface area contributed by atoms with Crippen molar-refractivity contribution < 1.29 is 4.74 Å². The Morgan fingerprint density at radius 1 is 1.47 bits per heavy atom. The zero-order chi connectivity index (χ0) is 11.1. The lowest BCUT2D eigenvalue weighted by Gasteiger charge is -2.10. The predicted molar refractivity (Wildman–Crippen MR) is 70.8 cm³/mol. The molecule has 1 aromatic rings. The van der Waals surface area contributed by atoms with Gasteiger partial charge in [-0.05, 0) is 43.0 Å². The fourth-order valence-corrected chi connectivity index (χ4v) is 1.93. The van der Waals surface area contributed by atoms with Gasteiger partial charge in [-0.15, -0.1) is 0 Å². The van der Waals surface area contributed by atoms with E-state index in [2.05, 4.69) is 28.3 Å². The number of benzene rings is 1. The minimum Gasteiger partial charge on any atom is -0.492 e. The first-order chi connectivity index (χ1) is 7.27. The Kier molecular flexibility index (Phi) is 6.13. The normalized spacial score (nSPS) is 10.3. The minimum absolute atomic E-state index is 0.648. The lowest BCUT2D eigenvalue weighted by atomic mass is 10.1. The van der Waals surface area contributed by atoms with Crippen LogP contribution in [0.1, 0.15) is 5.56 Å². The van der Waals surface area contributed by atoms with Crippen LogP contribution < -0.4 is 10.5 Å². The molecule has 1 aromatic carbocycles. The highest BCUT2D eigenvalue weighted by Gasteiger charge is 2.03. The fraction of sp³-hybridized carbons (Fsp3) is 0.455. The topological polar surface area (TPSA) is 35.2 Å². The van der Waals surface area contributed by atoms with Gasteiger partial charge in [0.25, 0.3) is 0 Å². The van der Waals surface area contributed by atoms with Crippen LogP contribution in [0.15, 0.2) is 22.7 Å². The van der Waals surface area contributed by atoms with E-state index >= 15 is 0 Å². The zero-order valence-corrected chi connectivity index (χ0v) is 11.2. The largest absolute Gasteiger partial charge is 0.492 e. The number of thioether (sulfide) groups is 1. The molecule has 0 aromatic heterocycles. The molecule has 1 rings (SSSR count). The summed E-state index contributed by atoms with van der Waals surface area (Å²) in [6.45, 7) is 1.40. The molecule has 0 spiro atoms. The molecule has 0 heterocycles. The molecule has 0 radical (unpaired) electrons. The molecule has 84 valence electrons. The van der Waals surface area contributed by atoms with Crippen molar-refractivity contribution in [2.24, 2.45) is 5.73 Å². The first-order valence-corrected chi connectivity index (χ1v) is 7.07. The smallest absolute Gasteiger partial charge is 0.122 e. The SMILES string of the molecule is CSCCOc1ccc(Br)cc1CCN. The monoisotopic (exact) mass is 289 g/mol. The van der Waals surface area contributed by atoms with Crippen molar-refractivity contribution in [3.8, 4) is 5.75 Å². The van der Waals surface area contributed by atoms with Gasteiger partial charge in [-0.1, -0.05) is 15.9 Å². The van der Waals surface area contributed by atoms with E-state index in [9.17, 15) is 0 Å². The highest BCUT2D eigenvalue weighted by atomic mass is 79.9. The van der Waals surface area contributed by atoms with E-state index in [1.807, 2.05) is 12.1 Å². The van der Waals surface area contributed by atoms with E-state index in [1.165, 1.54) is 5.56 Å². The molecular formula is C11H16BrNOS. The Labute approximate surface area is 104 Å². The molecule has 0 amide bonds. The number of ether oxygens (including phenoxy) is 1. The van der Waals surface area contributed by atoms with Crippen molar-refractivity contribution in [3.63, 3.8) is 0 Å². The molecule has 0 aliphatic heterocycles. The molecule has 2 N–H and O–H groups in total. The van der Waals surface area contributed by atoms with Crippen LogP contribution in [0.3, 0.4) is 0 Å². The number of nitrogens with two attached hydrogens (primary N) is 1. The number of halogens is 1. The molecule has 0 fully saturated rings. The third-order valence-electron chi connectivity index (χ3n) is 1.98. The van der Waals surface area contributed by atoms with E-state index in [4.69, 9.17) is 10.5 Å². The number of rotatable bonds is 6. The van der Waals surface area contributed by atoms with Crippen molar-refractivity contribution in [2.75, 3.05) is 25.2 Å². The van der Waals surface area contributed by atoms with Gasteiger partial charge in [0.2, 0.25) is 0 Å². The van der Waals surface area contributed by atoms with E-state index in [1.54, 1.807) is 11.8 Å². The Bertz CT molecular complexity index is 307. The maximum absolute atomic E-state index is 5.69. The summed E-state index contributed by atoms with van der Waals surface area (Å²) in [6.07, 6.45) is 2.93. The van der Waals surface area contributed by atoms with Crippen molar-refractivity contribution in [2.45, 2.75) is 6.42 Å². The Balaban J connectivity index is 2.67. The van der Waals surface area contributed by atoms with Gasteiger partial charge in [0.15, 0.2) is 0 Å². The predicted octanol–water partition coefficient (Wildman–Crippen LogP) is 2.69. The van der Waals surface area contributed by atoms with E-state index in [0.717, 1.165) is 29.0 Å². The highest BCUT2D eigenvalue weighted by Crippen LogP contribution is 2.23. The van der Waals surface area contributed by atoms with Crippen molar-refractivity contribution >= 4 is 27.7 Å². The fourth-order valence-electron chi connectivity index (χ4n) is 1.27.